The molecule has 0 unspecified atom stereocenters. The van der Waals surface area contributed by atoms with Crippen molar-refractivity contribution in [2.75, 3.05) is 11.1 Å². The molecule has 0 spiro atoms. The molecular formula is C24H24N4OS. The van der Waals surface area contributed by atoms with Crippen LogP contribution >= 0.6 is 11.8 Å². The number of fused-ring (bicyclic) bond motifs is 1. The summed E-state index contributed by atoms with van der Waals surface area (Å²) in [5.74, 6) is 0.228. The van der Waals surface area contributed by atoms with Crippen LogP contribution in [0.3, 0.4) is 0 Å². The summed E-state index contributed by atoms with van der Waals surface area (Å²) in [6.07, 6.45) is 7.94. The van der Waals surface area contributed by atoms with E-state index in [9.17, 15) is 4.79 Å². The first-order valence-electron chi connectivity index (χ1n) is 10.4. The second-order valence-electron chi connectivity index (χ2n) is 7.91. The fourth-order valence-electron chi connectivity index (χ4n) is 4.35. The van der Waals surface area contributed by atoms with Gasteiger partial charge in [-0.15, -0.1) is 0 Å². The number of nitrogens with two attached hydrogens (primary N) is 1. The van der Waals surface area contributed by atoms with Gasteiger partial charge >= 0.3 is 0 Å². The van der Waals surface area contributed by atoms with Crippen molar-refractivity contribution in [3.8, 4) is 0 Å². The number of anilines is 2. The molecule has 0 saturated heterocycles. The second-order valence-corrected chi connectivity index (χ2v) is 9.03. The van der Waals surface area contributed by atoms with Crippen molar-refractivity contribution in [1.29, 1.82) is 0 Å². The lowest BCUT2D eigenvalue weighted by atomic mass is 9.82. The van der Waals surface area contributed by atoms with Crippen LogP contribution in [0.5, 0.6) is 0 Å². The number of nitrogen functional groups attached to an aromatic ring is 1. The van der Waals surface area contributed by atoms with E-state index in [4.69, 9.17) is 5.73 Å². The quantitative estimate of drug-likeness (QED) is 0.478. The van der Waals surface area contributed by atoms with Gasteiger partial charge < -0.3 is 11.1 Å². The molecular weight excluding hydrogens is 392 g/mol. The molecule has 152 valence electrons. The van der Waals surface area contributed by atoms with Crippen LogP contribution < -0.4 is 16.5 Å². The van der Waals surface area contributed by atoms with Gasteiger partial charge in [0.2, 0.25) is 0 Å². The first-order chi connectivity index (χ1) is 14.7. The summed E-state index contributed by atoms with van der Waals surface area (Å²) in [5.41, 5.74) is 13.9. The second kappa shape index (κ2) is 8.03. The molecule has 1 fully saturated rings. The number of nitrogens with one attached hydrogen (secondary N) is 2. The SMILES string of the molecule is Nc1ccc(SC2=C/C(=C3/C(=O)NN=C3C3CCCCC3)Nc3ccccc32)cc1. The van der Waals surface area contributed by atoms with Crippen molar-refractivity contribution in [2.24, 2.45) is 11.0 Å². The van der Waals surface area contributed by atoms with E-state index in [1.807, 2.05) is 36.4 Å². The minimum atomic E-state index is -0.120. The number of hydrogen-bond donors (Lipinski definition) is 3. The maximum absolute atomic E-state index is 12.8. The van der Waals surface area contributed by atoms with Crippen LogP contribution in [-0.4, -0.2) is 11.6 Å². The Morgan fingerprint density at radius 2 is 1.77 bits per heavy atom. The zero-order valence-corrected chi connectivity index (χ0v) is 17.5. The van der Waals surface area contributed by atoms with Gasteiger partial charge in [0.05, 0.1) is 17.0 Å². The van der Waals surface area contributed by atoms with Gasteiger partial charge in [-0.3, -0.25) is 4.79 Å². The molecule has 2 aliphatic heterocycles. The number of hydrogen-bond acceptors (Lipinski definition) is 5. The molecule has 6 heteroatoms. The average Bonchev–Trinajstić information content (AvgIpc) is 3.17. The molecule has 5 nitrogen and oxygen atoms in total. The Balaban J connectivity index is 1.56. The molecule has 1 aliphatic carbocycles. The Morgan fingerprint density at radius 3 is 2.57 bits per heavy atom. The van der Waals surface area contributed by atoms with Gasteiger partial charge in [-0.2, -0.15) is 5.10 Å². The van der Waals surface area contributed by atoms with Crippen LogP contribution in [0.2, 0.25) is 0 Å². The number of carbonyl (C=O) groups is 1. The van der Waals surface area contributed by atoms with E-state index in [1.54, 1.807) is 11.8 Å². The number of thioether (sulfide) groups is 1. The monoisotopic (exact) mass is 416 g/mol. The fourth-order valence-corrected chi connectivity index (χ4v) is 5.34. The van der Waals surface area contributed by atoms with Gasteiger partial charge in [-0.1, -0.05) is 49.2 Å². The molecule has 2 aromatic rings. The summed E-state index contributed by atoms with van der Waals surface area (Å²) in [6.45, 7) is 0. The Morgan fingerprint density at radius 1 is 1.00 bits per heavy atom. The van der Waals surface area contributed by atoms with Gasteiger partial charge in [0, 0.05) is 32.7 Å². The Labute approximate surface area is 180 Å². The van der Waals surface area contributed by atoms with Crippen LogP contribution in [0.1, 0.15) is 37.7 Å². The maximum Gasteiger partial charge on any atom is 0.275 e. The Hall–Kier alpha value is -2.99. The summed E-state index contributed by atoms with van der Waals surface area (Å²) in [6, 6.07) is 16.1. The molecule has 2 aromatic carbocycles. The van der Waals surface area contributed by atoms with Crippen LogP contribution in [0.4, 0.5) is 11.4 Å². The molecule has 1 amide bonds. The van der Waals surface area contributed by atoms with Crippen molar-refractivity contribution >= 4 is 39.7 Å². The molecule has 5 rings (SSSR count). The third-order valence-corrected chi connectivity index (χ3v) is 6.93. The number of amides is 1. The number of hydrazone groups is 1. The van der Waals surface area contributed by atoms with Crippen molar-refractivity contribution in [3.63, 3.8) is 0 Å². The number of allylic oxidation sites excluding steroid dienone is 1. The standard InChI is InChI=1S/C24H24N4OS/c25-16-10-12-17(13-11-16)30-21-14-20(26-19-9-5-4-8-18(19)21)22-23(27-28-24(22)29)15-6-2-1-3-7-15/h4-5,8-15,26H,1-3,6-7,25H2,(H,28,29)/b22-20-. The largest absolute Gasteiger partial charge is 0.399 e. The van der Waals surface area contributed by atoms with E-state index in [1.165, 1.54) is 19.3 Å². The highest BCUT2D eigenvalue weighted by atomic mass is 32.2. The number of para-hydroxylation sites is 1. The van der Waals surface area contributed by atoms with Gasteiger partial charge in [0.25, 0.3) is 5.91 Å². The van der Waals surface area contributed by atoms with Gasteiger partial charge in [-0.25, -0.2) is 5.43 Å². The molecule has 30 heavy (non-hydrogen) atoms. The molecule has 2 heterocycles. The van der Waals surface area contributed by atoms with Gasteiger partial charge in [0.15, 0.2) is 0 Å². The highest BCUT2D eigenvalue weighted by Crippen LogP contribution is 2.43. The number of carbonyl (C=O) groups excluding carboxylic acids is 1. The van der Waals surface area contributed by atoms with E-state index in [2.05, 4.69) is 34.1 Å². The fraction of sp³-hybridized carbons (Fsp3) is 0.250. The highest BCUT2D eigenvalue weighted by molar-refractivity contribution is 8.08. The van der Waals surface area contributed by atoms with Crippen LogP contribution in [0.25, 0.3) is 4.91 Å². The predicted molar refractivity (Wildman–Crippen MR) is 124 cm³/mol. The number of benzene rings is 2. The lowest BCUT2D eigenvalue weighted by Gasteiger charge is -2.25. The summed E-state index contributed by atoms with van der Waals surface area (Å²) < 4.78 is 0. The third-order valence-electron chi connectivity index (χ3n) is 5.87. The molecule has 0 aromatic heterocycles. The predicted octanol–water partition coefficient (Wildman–Crippen LogP) is 5.15. The number of nitrogens with zero attached hydrogens (tertiary/aromatic N) is 1. The topological polar surface area (TPSA) is 79.5 Å². The van der Waals surface area contributed by atoms with Crippen molar-refractivity contribution in [1.82, 2.24) is 5.43 Å². The van der Waals surface area contributed by atoms with Crippen LogP contribution in [0, 0.1) is 5.92 Å². The average molecular weight is 417 g/mol. The minimum absolute atomic E-state index is 0.120. The normalized spacial score (nSPS) is 21.4. The third kappa shape index (κ3) is 3.63. The zero-order valence-electron chi connectivity index (χ0n) is 16.7. The molecule has 0 radical (unpaired) electrons. The summed E-state index contributed by atoms with van der Waals surface area (Å²) in [5, 5.41) is 7.93. The lowest BCUT2D eigenvalue weighted by molar-refractivity contribution is -0.116. The van der Waals surface area contributed by atoms with Crippen LogP contribution in [0.15, 0.2) is 75.9 Å². The summed E-state index contributed by atoms with van der Waals surface area (Å²) >= 11 is 1.68. The van der Waals surface area contributed by atoms with Crippen molar-refractivity contribution in [2.45, 2.75) is 37.0 Å². The molecule has 0 bridgehead atoms. The summed E-state index contributed by atoms with van der Waals surface area (Å²) in [4.78, 5) is 15.0. The number of rotatable bonds is 3. The molecule has 0 atom stereocenters. The van der Waals surface area contributed by atoms with Crippen molar-refractivity contribution in [3.05, 3.63) is 71.4 Å². The highest BCUT2D eigenvalue weighted by Gasteiger charge is 2.33. The first kappa shape index (κ1) is 19.0. The maximum atomic E-state index is 12.8. The van der Waals surface area contributed by atoms with Gasteiger partial charge in [-0.05, 0) is 49.2 Å². The van der Waals surface area contributed by atoms with E-state index in [0.717, 1.165) is 51.0 Å². The summed E-state index contributed by atoms with van der Waals surface area (Å²) in [7, 11) is 0. The van der Waals surface area contributed by atoms with Gasteiger partial charge in [0.1, 0.15) is 0 Å². The molecule has 1 saturated carbocycles. The van der Waals surface area contributed by atoms with E-state index >= 15 is 0 Å². The zero-order chi connectivity index (χ0) is 20.5. The van der Waals surface area contributed by atoms with E-state index in [-0.39, 0.29) is 5.91 Å². The Kier molecular flexibility index (Phi) is 5.09. The van der Waals surface area contributed by atoms with Crippen molar-refractivity contribution < 1.29 is 4.79 Å². The van der Waals surface area contributed by atoms with E-state index < -0.39 is 0 Å². The Bertz CT molecular complexity index is 1080. The molecule has 4 N–H and O–H groups in total. The lowest BCUT2D eigenvalue weighted by Crippen LogP contribution is -2.24. The smallest absolute Gasteiger partial charge is 0.275 e. The van der Waals surface area contributed by atoms with E-state index in [0.29, 0.717) is 11.5 Å². The minimum Gasteiger partial charge on any atom is -0.399 e. The first-order valence-corrected chi connectivity index (χ1v) is 11.2. The molecule has 3 aliphatic rings. The van der Waals surface area contributed by atoms with Crippen LogP contribution in [-0.2, 0) is 4.79 Å².